The molecule has 29 heavy (non-hydrogen) atoms. The van der Waals surface area contributed by atoms with Crippen molar-refractivity contribution in [3.8, 4) is 0 Å². The molecule has 0 radical (unpaired) electrons. The lowest BCUT2D eigenvalue weighted by atomic mass is 10.1. The predicted molar refractivity (Wildman–Crippen MR) is 112 cm³/mol. The molecule has 1 saturated heterocycles. The molecule has 4 N–H and O–H groups in total. The van der Waals surface area contributed by atoms with Crippen LogP contribution in [0.15, 0.2) is 24.4 Å². The molecule has 0 aliphatic carbocycles. The molecule has 154 valence electrons. The topological polar surface area (TPSA) is 121 Å². The molecule has 1 fully saturated rings. The summed E-state index contributed by atoms with van der Waals surface area (Å²) >= 11 is 6.22. The van der Waals surface area contributed by atoms with E-state index in [1.807, 2.05) is 0 Å². The van der Waals surface area contributed by atoms with Gasteiger partial charge in [0.05, 0.1) is 5.02 Å². The largest absolute Gasteiger partial charge is 0.458 e. The summed E-state index contributed by atoms with van der Waals surface area (Å²) < 4.78 is 5.48. The highest BCUT2D eigenvalue weighted by atomic mass is 35.5. The molecule has 2 heterocycles. The molecule has 1 aromatic carbocycles. The molecule has 9 heteroatoms. The number of nitrogens with zero attached hydrogens (tertiary/aromatic N) is 2. The summed E-state index contributed by atoms with van der Waals surface area (Å²) in [6.45, 7) is 5.88. The van der Waals surface area contributed by atoms with Gasteiger partial charge in [0.25, 0.3) is 5.91 Å². The number of esters is 1. The number of hydrogen-bond donors (Lipinski definition) is 3. The van der Waals surface area contributed by atoms with Gasteiger partial charge in [0.15, 0.2) is 5.96 Å². The van der Waals surface area contributed by atoms with Crippen molar-refractivity contribution in [2.45, 2.75) is 45.3 Å². The number of fused-ring (bicyclic) bond motifs is 1. The number of nitrogens with two attached hydrogens (primary N) is 1. The molecular formula is C20H24ClN5O3. The Labute approximate surface area is 173 Å². The van der Waals surface area contributed by atoms with Gasteiger partial charge in [-0.1, -0.05) is 17.7 Å². The number of rotatable bonds is 3. The summed E-state index contributed by atoms with van der Waals surface area (Å²) in [4.78, 5) is 31.4. The summed E-state index contributed by atoms with van der Waals surface area (Å²) in [6, 6.07) is 4.42. The van der Waals surface area contributed by atoms with Gasteiger partial charge in [0.1, 0.15) is 17.5 Å². The Hall–Kier alpha value is -2.87. The number of halogens is 1. The number of aromatic nitrogens is 1. The van der Waals surface area contributed by atoms with Crippen molar-refractivity contribution in [3.63, 3.8) is 0 Å². The minimum absolute atomic E-state index is 0.269. The monoisotopic (exact) mass is 417 g/mol. The highest BCUT2D eigenvalue weighted by Gasteiger charge is 2.37. The van der Waals surface area contributed by atoms with Crippen LogP contribution in [0, 0.1) is 5.41 Å². The third-order valence-electron chi connectivity index (χ3n) is 4.53. The van der Waals surface area contributed by atoms with Crippen molar-refractivity contribution < 1.29 is 14.3 Å². The summed E-state index contributed by atoms with van der Waals surface area (Å²) in [6.07, 6.45) is 2.75. The van der Waals surface area contributed by atoms with Gasteiger partial charge >= 0.3 is 5.97 Å². The average molecular weight is 418 g/mol. The third-order valence-corrected chi connectivity index (χ3v) is 4.83. The average Bonchev–Trinajstić information content (AvgIpc) is 3.11. The molecule has 1 aromatic heterocycles. The Morgan fingerprint density at radius 3 is 2.72 bits per heavy atom. The minimum atomic E-state index is -0.618. The van der Waals surface area contributed by atoms with Crippen molar-refractivity contribution in [1.82, 2.24) is 9.88 Å². The number of ether oxygens (including phenoxy) is 1. The van der Waals surface area contributed by atoms with Crippen molar-refractivity contribution >= 4 is 46.0 Å². The van der Waals surface area contributed by atoms with Gasteiger partial charge in [-0.25, -0.2) is 9.78 Å². The minimum Gasteiger partial charge on any atom is -0.458 e. The van der Waals surface area contributed by atoms with Gasteiger partial charge in [-0.15, -0.1) is 0 Å². The normalized spacial score (nSPS) is 16.7. The van der Waals surface area contributed by atoms with E-state index >= 15 is 0 Å². The highest BCUT2D eigenvalue weighted by molar-refractivity contribution is 6.36. The fourth-order valence-electron chi connectivity index (χ4n) is 3.36. The van der Waals surface area contributed by atoms with Crippen LogP contribution in [0.3, 0.4) is 0 Å². The maximum absolute atomic E-state index is 13.2. The number of nitrogens with one attached hydrogen (secondary N) is 2. The Bertz CT molecular complexity index is 986. The molecule has 0 bridgehead atoms. The van der Waals surface area contributed by atoms with Gasteiger partial charge in [-0.05, 0) is 45.7 Å². The molecule has 1 aliphatic rings. The van der Waals surface area contributed by atoms with Crippen molar-refractivity contribution in [1.29, 1.82) is 5.41 Å². The van der Waals surface area contributed by atoms with E-state index in [9.17, 15) is 9.59 Å². The van der Waals surface area contributed by atoms with E-state index in [0.717, 1.165) is 6.42 Å². The van der Waals surface area contributed by atoms with Crippen LogP contribution in [0.5, 0.6) is 0 Å². The second-order valence-electron chi connectivity index (χ2n) is 7.94. The zero-order chi connectivity index (χ0) is 21.3. The molecular weight excluding hydrogens is 394 g/mol. The highest BCUT2D eigenvalue weighted by Crippen LogP contribution is 2.30. The van der Waals surface area contributed by atoms with Crippen molar-refractivity contribution in [3.05, 3.63) is 35.0 Å². The maximum Gasteiger partial charge on any atom is 0.329 e. The Kier molecular flexibility index (Phi) is 5.66. The number of amides is 1. The SMILES string of the molecule is CC(C)(C)OC(=O)C1CCCN1C(=O)c1ccc2c(Cl)cnc(NC(=N)N)c2c1. The number of benzene rings is 1. The molecule has 2 aromatic rings. The molecule has 1 atom stereocenters. The first-order valence-corrected chi connectivity index (χ1v) is 9.68. The first kappa shape index (κ1) is 20.9. The first-order valence-electron chi connectivity index (χ1n) is 9.30. The standard InChI is InChI=1S/C20H24ClN5O3/c1-20(2,3)29-18(28)15-5-4-8-26(15)17(27)11-6-7-12-13(9-11)16(25-19(22)23)24-10-14(12)21/h6-7,9-10,15H,4-5,8H2,1-3H3,(H4,22,23,24,25). The number of pyridine rings is 1. The summed E-state index contributed by atoms with van der Waals surface area (Å²) in [7, 11) is 0. The summed E-state index contributed by atoms with van der Waals surface area (Å²) in [5.74, 6) is -0.610. The van der Waals surface area contributed by atoms with Gasteiger partial charge in [-0.2, -0.15) is 0 Å². The van der Waals surface area contributed by atoms with Gasteiger partial charge in [-0.3, -0.25) is 10.2 Å². The van der Waals surface area contributed by atoms with Crippen LogP contribution < -0.4 is 11.1 Å². The Morgan fingerprint density at radius 2 is 2.07 bits per heavy atom. The van der Waals surface area contributed by atoms with Crippen molar-refractivity contribution in [2.24, 2.45) is 5.73 Å². The predicted octanol–water partition coefficient (Wildman–Crippen LogP) is 3.14. The first-order chi connectivity index (χ1) is 13.6. The van der Waals surface area contributed by atoms with Gasteiger partial charge in [0, 0.05) is 29.1 Å². The number of likely N-dealkylation sites (tertiary alicyclic amines) is 1. The number of guanidine groups is 1. The molecule has 3 rings (SSSR count). The fraction of sp³-hybridized carbons (Fsp3) is 0.400. The quantitative estimate of drug-likeness (QED) is 0.400. The molecule has 0 saturated carbocycles. The molecule has 1 amide bonds. The van der Waals surface area contributed by atoms with Crippen LogP contribution in [-0.2, 0) is 9.53 Å². The van der Waals surface area contributed by atoms with Gasteiger partial charge in [0.2, 0.25) is 0 Å². The van der Waals surface area contributed by atoms with Crippen molar-refractivity contribution in [2.75, 3.05) is 11.9 Å². The van der Waals surface area contributed by atoms with E-state index in [0.29, 0.717) is 40.1 Å². The molecule has 8 nitrogen and oxygen atoms in total. The van der Waals surface area contributed by atoms with E-state index in [2.05, 4.69) is 10.3 Å². The lowest BCUT2D eigenvalue weighted by Gasteiger charge is -2.27. The number of carbonyl (C=O) groups excluding carboxylic acids is 2. The van der Waals surface area contributed by atoms with E-state index in [-0.39, 0.29) is 11.9 Å². The summed E-state index contributed by atoms with van der Waals surface area (Å²) in [5.41, 5.74) is 5.20. The number of anilines is 1. The van der Waals surface area contributed by atoms with Crippen LogP contribution in [0.4, 0.5) is 5.82 Å². The zero-order valence-electron chi connectivity index (χ0n) is 16.6. The summed E-state index contributed by atoms with van der Waals surface area (Å²) in [5, 5.41) is 11.8. The number of hydrogen-bond acceptors (Lipinski definition) is 5. The molecule has 1 unspecified atom stereocenters. The lowest BCUT2D eigenvalue weighted by Crippen LogP contribution is -2.43. The van der Waals surface area contributed by atoms with Crippen LogP contribution in [-0.4, -0.2) is 45.9 Å². The number of carbonyl (C=O) groups is 2. The maximum atomic E-state index is 13.2. The smallest absolute Gasteiger partial charge is 0.329 e. The molecule has 0 spiro atoms. The molecule has 1 aliphatic heterocycles. The van der Waals surface area contributed by atoms with Crippen LogP contribution in [0.25, 0.3) is 10.8 Å². The van der Waals surface area contributed by atoms with Crippen LogP contribution >= 0.6 is 11.6 Å². The van der Waals surface area contributed by atoms with Gasteiger partial charge < -0.3 is 20.7 Å². The van der Waals surface area contributed by atoms with E-state index in [1.165, 1.54) is 6.20 Å². The second-order valence-corrected chi connectivity index (χ2v) is 8.35. The van der Waals surface area contributed by atoms with Crippen LogP contribution in [0.2, 0.25) is 5.02 Å². The fourth-order valence-corrected chi connectivity index (χ4v) is 3.57. The zero-order valence-corrected chi connectivity index (χ0v) is 17.3. The van der Waals surface area contributed by atoms with E-state index in [4.69, 9.17) is 27.5 Å². The second kappa shape index (κ2) is 7.87. The lowest BCUT2D eigenvalue weighted by molar-refractivity contribution is -0.159. The van der Waals surface area contributed by atoms with E-state index < -0.39 is 17.6 Å². The van der Waals surface area contributed by atoms with Crippen LogP contribution in [0.1, 0.15) is 44.0 Å². The Balaban J connectivity index is 1.94. The van der Waals surface area contributed by atoms with E-state index in [1.54, 1.807) is 43.9 Å². The Morgan fingerprint density at radius 1 is 1.34 bits per heavy atom. The third kappa shape index (κ3) is 4.59.